The SMILES string of the molecule is Cc1cccc(F)c1N1CCC(N2Cc3cn(CC(C)(C)F)nc3N(Cc3ccccc3C(F)(F)F)C2=O)CC1. The second kappa shape index (κ2) is 10.4. The van der Waals surface area contributed by atoms with Crippen LogP contribution in [0.2, 0.25) is 0 Å². The van der Waals surface area contributed by atoms with Gasteiger partial charge >= 0.3 is 12.2 Å². The van der Waals surface area contributed by atoms with E-state index in [9.17, 15) is 26.7 Å². The van der Waals surface area contributed by atoms with Crippen LogP contribution in [0.5, 0.6) is 0 Å². The van der Waals surface area contributed by atoms with Crippen LogP contribution in [0.1, 0.15) is 48.9 Å². The molecule has 0 radical (unpaired) electrons. The maximum atomic E-state index is 14.6. The number of para-hydroxylation sites is 1. The number of carbonyl (C=O) groups excluding carboxylic acids is 1. The number of anilines is 2. The van der Waals surface area contributed by atoms with Crippen molar-refractivity contribution in [2.75, 3.05) is 22.9 Å². The Morgan fingerprint density at radius 3 is 2.35 bits per heavy atom. The summed E-state index contributed by atoms with van der Waals surface area (Å²) in [5.41, 5.74) is -0.436. The molecule has 5 rings (SSSR count). The Morgan fingerprint density at radius 2 is 1.70 bits per heavy atom. The topological polar surface area (TPSA) is 44.6 Å². The first kappa shape index (κ1) is 27.9. The fourth-order valence-electron chi connectivity index (χ4n) is 5.71. The third kappa shape index (κ3) is 5.64. The highest BCUT2D eigenvalue weighted by Gasteiger charge is 2.40. The summed E-state index contributed by atoms with van der Waals surface area (Å²) >= 11 is 0. The van der Waals surface area contributed by atoms with Gasteiger partial charge in [0.1, 0.15) is 11.5 Å². The molecule has 1 aromatic heterocycles. The number of fused-ring (bicyclic) bond motifs is 1. The molecule has 0 saturated carbocycles. The van der Waals surface area contributed by atoms with Crippen molar-refractivity contribution >= 4 is 17.5 Å². The maximum absolute atomic E-state index is 14.6. The molecule has 0 aliphatic carbocycles. The van der Waals surface area contributed by atoms with E-state index in [0.29, 0.717) is 37.2 Å². The standard InChI is InChI=1S/C29H32F5N5O/c1-19-7-6-10-24(30)25(19)36-13-11-22(12-14-36)38-17-21-15-37(18-28(2,3)31)35-26(21)39(27(38)40)16-20-8-4-5-9-23(20)29(32,33)34/h4-10,15,22H,11-14,16-18H2,1-3H3. The number of hydrogen-bond donors (Lipinski definition) is 0. The van der Waals surface area contributed by atoms with Gasteiger partial charge in [0.25, 0.3) is 0 Å². The number of aromatic nitrogens is 2. The van der Waals surface area contributed by atoms with Gasteiger partial charge in [-0.2, -0.15) is 18.3 Å². The number of halogens is 5. The van der Waals surface area contributed by atoms with Crippen LogP contribution in [0.25, 0.3) is 0 Å². The van der Waals surface area contributed by atoms with Gasteiger partial charge in [0.2, 0.25) is 0 Å². The molecule has 0 atom stereocenters. The summed E-state index contributed by atoms with van der Waals surface area (Å²) in [5.74, 6) is -0.0586. The number of carbonyl (C=O) groups is 1. The summed E-state index contributed by atoms with van der Waals surface area (Å²) in [4.78, 5) is 18.8. The number of hydrogen-bond acceptors (Lipinski definition) is 3. The molecule has 3 heterocycles. The van der Waals surface area contributed by atoms with Crippen LogP contribution in [0.3, 0.4) is 0 Å². The first-order valence-electron chi connectivity index (χ1n) is 13.3. The van der Waals surface area contributed by atoms with E-state index in [2.05, 4.69) is 5.10 Å². The molecule has 0 N–H and O–H groups in total. The predicted molar refractivity (Wildman–Crippen MR) is 142 cm³/mol. The predicted octanol–water partition coefficient (Wildman–Crippen LogP) is 6.71. The van der Waals surface area contributed by atoms with Crippen LogP contribution < -0.4 is 9.80 Å². The first-order chi connectivity index (χ1) is 18.8. The van der Waals surface area contributed by atoms with E-state index in [4.69, 9.17) is 0 Å². The molecule has 1 fully saturated rings. The van der Waals surface area contributed by atoms with Crippen molar-refractivity contribution in [3.8, 4) is 0 Å². The van der Waals surface area contributed by atoms with E-state index < -0.39 is 23.4 Å². The summed E-state index contributed by atoms with van der Waals surface area (Å²) in [7, 11) is 0. The second-order valence-electron chi connectivity index (χ2n) is 11.2. The minimum atomic E-state index is -4.59. The van der Waals surface area contributed by atoms with Crippen LogP contribution in [0, 0.1) is 12.7 Å². The number of piperidine rings is 1. The Labute approximate surface area is 230 Å². The largest absolute Gasteiger partial charge is 0.416 e. The Bertz CT molecular complexity index is 1370. The Balaban J connectivity index is 1.44. The Morgan fingerprint density at radius 1 is 1.00 bits per heavy atom. The van der Waals surface area contributed by atoms with Crippen molar-refractivity contribution in [1.82, 2.24) is 14.7 Å². The van der Waals surface area contributed by atoms with Gasteiger partial charge in [-0.1, -0.05) is 30.3 Å². The third-order valence-electron chi connectivity index (χ3n) is 7.49. The lowest BCUT2D eigenvalue weighted by Crippen LogP contribution is -2.54. The molecule has 2 aromatic carbocycles. The number of rotatable bonds is 6. The molecule has 2 amide bonds. The summed E-state index contributed by atoms with van der Waals surface area (Å²) in [6.45, 7) is 5.53. The number of aryl methyl sites for hydroxylation is 1. The maximum Gasteiger partial charge on any atom is 0.416 e. The van der Waals surface area contributed by atoms with E-state index in [1.54, 1.807) is 17.2 Å². The van der Waals surface area contributed by atoms with E-state index in [-0.39, 0.29) is 42.9 Å². The number of urea groups is 1. The molecule has 11 heteroatoms. The zero-order valence-corrected chi connectivity index (χ0v) is 22.7. The van der Waals surface area contributed by atoms with E-state index in [1.807, 2.05) is 17.9 Å². The molecule has 6 nitrogen and oxygen atoms in total. The molecule has 0 unspecified atom stereocenters. The average Bonchev–Trinajstić information content (AvgIpc) is 3.26. The fraction of sp³-hybridized carbons (Fsp3) is 0.448. The summed E-state index contributed by atoms with van der Waals surface area (Å²) in [6.07, 6.45) is -1.80. The van der Waals surface area contributed by atoms with Crippen molar-refractivity contribution in [3.05, 3.63) is 76.7 Å². The van der Waals surface area contributed by atoms with Crippen LogP contribution in [-0.4, -0.2) is 45.5 Å². The first-order valence-corrected chi connectivity index (χ1v) is 13.3. The molecular weight excluding hydrogens is 529 g/mol. The third-order valence-corrected chi connectivity index (χ3v) is 7.49. The lowest BCUT2D eigenvalue weighted by molar-refractivity contribution is -0.138. The summed E-state index contributed by atoms with van der Waals surface area (Å²) in [5, 5.41) is 4.43. The fourth-order valence-corrected chi connectivity index (χ4v) is 5.71. The van der Waals surface area contributed by atoms with Crippen molar-refractivity contribution in [1.29, 1.82) is 0 Å². The highest BCUT2D eigenvalue weighted by Crippen LogP contribution is 2.37. The summed E-state index contributed by atoms with van der Waals surface area (Å²) < 4.78 is 71.8. The monoisotopic (exact) mass is 561 g/mol. The van der Waals surface area contributed by atoms with E-state index in [0.717, 1.165) is 11.6 Å². The smallest absolute Gasteiger partial charge is 0.369 e. The van der Waals surface area contributed by atoms with Crippen molar-refractivity contribution in [2.45, 2.75) is 71.1 Å². The quantitative estimate of drug-likeness (QED) is 0.315. The highest BCUT2D eigenvalue weighted by atomic mass is 19.4. The summed E-state index contributed by atoms with van der Waals surface area (Å²) in [6, 6.07) is 9.46. The van der Waals surface area contributed by atoms with E-state index in [1.165, 1.54) is 47.7 Å². The molecular formula is C29H32F5N5O. The van der Waals surface area contributed by atoms with Gasteiger partial charge in [-0.15, -0.1) is 0 Å². The van der Waals surface area contributed by atoms with Crippen molar-refractivity contribution in [3.63, 3.8) is 0 Å². The van der Waals surface area contributed by atoms with Gasteiger partial charge in [-0.3, -0.25) is 9.58 Å². The van der Waals surface area contributed by atoms with Crippen LogP contribution in [-0.2, 0) is 25.8 Å². The number of nitrogens with zero attached hydrogens (tertiary/aromatic N) is 5. The Kier molecular flexibility index (Phi) is 7.26. The zero-order chi connectivity index (χ0) is 28.8. The van der Waals surface area contributed by atoms with Crippen molar-refractivity contribution < 1.29 is 26.7 Å². The zero-order valence-electron chi connectivity index (χ0n) is 22.7. The molecule has 3 aromatic rings. The second-order valence-corrected chi connectivity index (χ2v) is 11.2. The molecule has 214 valence electrons. The van der Waals surface area contributed by atoms with Crippen LogP contribution in [0.4, 0.5) is 38.3 Å². The van der Waals surface area contributed by atoms with Crippen LogP contribution >= 0.6 is 0 Å². The molecule has 1 saturated heterocycles. The van der Waals surface area contributed by atoms with Gasteiger partial charge < -0.3 is 9.80 Å². The minimum absolute atomic E-state index is 0.0543. The number of benzene rings is 2. The molecule has 0 bridgehead atoms. The number of alkyl halides is 4. The average molecular weight is 562 g/mol. The molecule has 40 heavy (non-hydrogen) atoms. The Hall–Kier alpha value is -3.63. The van der Waals surface area contributed by atoms with Gasteiger partial charge in [0.05, 0.1) is 30.9 Å². The lowest BCUT2D eigenvalue weighted by Gasteiger charge is -2.43. The van der Waals surface area contributed by atoms with Gasteiger partial charge in [-0.25, -0.2) is 13.6 Å². The molecule has 2 aliphatic rings. The minimum Gasteiger partial charge on any atom is -0.369 e. The highest BCUT2D eigenvalue weighted by molar-refractivity contribution is 5.94. The van der Waals surface area contributed by atoms with Crippen LogP contribution in [0.15, 0.2) is 48.7 Å². The van der Waals surface area contributed by atoms with Gasteiger partial charge in [0.15, 0.2) is 5.82 Å². The van der Waals surface area contributed by atoms with E-state index >= 15 is 0 Å². The van der Waals surface area contributed by atoms with Gasteiger partial charge in [0, 0.05) is 30.9 Å². The lowest BCUT2D eigenvalue weighted by atomic mass is 10.00. The molecule has 0 spiro atoms. The molecule has 2 aliphatic heterocycles. The normalized spacial score (nSPS) is 17.0. The van der Waals surface area contributed by atoms with Gasteiger partial charge in [-0.05, 0) is 56.9 Å². The number of amides is 2. The van der Waals surface area contributed by atoms with Crippen molar-refractivity contribution in [2.24, 2.45) is 0 Å².